The second-order valence-electron chi connectivity index (χ2n) is 14.4. The Morgan fingerprint density at radius 3 is 1.71 bits per heavy atom. The Bertz CT molecular complexity index is 2310. The molecule has 1 unspecified atom stereocenters. The molecule has 1 aliphatic heterocycles. The summed E-state index contributed by atoms with van der Waals surface area (Å²) in [7, 11) is 0. The van der Waals surface area contributed by atoms with Crippen LogP contribution in [-0.4, -0.2) is 41.2 Å². The minimum atomic E-state index is -2.23. The molecule has 0 bridgehead atoms. The van der Waals surface area contributed by atoms with Crippen LogP contribution < -0.4 is 0 Å². The molecule has 6 aromatic carbocycles. The van der Waals surface area contributed by atoms with Crippen LogP contribution in [0.4, 0.5) is 4.39 Å². The van der Waals surface area contributed by atoms with Crippen LogP contribution in [0.2, 0.25) is 0 Å². The van der Waals surface area contributed by atoms with Crippen molar-refractivity contribution in [1.29, 1.82) is 0 Å². The molecule has 1 saturated heterocycles. The van der Waals surface area contributed by atoms with Gasteiger partial charge in [-0.3, -0.25) is 0 Å². The zero-order chi connectivity index (χ0) is 39.7. The van der Waals surface area contributed by atoms with Gasteiger partial charge in [0.15, 0.2) is 0 Å². The summed E-state index contributed by atoms with van der Waals surface area (Å²) in [6.45, 7) is 0.805. The van der Waals surface area contributed by atoms with Crippen LogP contribution in [0.3, 0.4) is 0 Å². The first kappa shape index (κ1) is 39.7. The van der Waals surface area contributed by atoms with Gasteiger partial charge in [-0.2, -0.15) is 0 Å². The molecule has 1 aromatic heterocycles. The maximum atomic E-state index is 15.9. The van der Waals surface area contributed by atoms with Gasteiger partial charge in [0.2, 0.25) is 5.79 Å². The Morgan fingerprint density at radius 2 is 1.12 bits per heavy atom. The number of rotatable bonds is 16. The molecule has 2 heterocycles. The molecule has 8 rings (SSSR count). The number of thiophene rings is 1. The largest absolute Gasteiger partial charge is 0.383 e. The molecule has 296 valence electrons. The molecule has 0 amide bonds. The quantitative estimate of drug-likeness (QED) is 0.101. The SMILES string of the molecule is OC(c1cc2ccccc2s1)c1cc([C@]2(O)O[C@H](COCc3ccccc3)[C@@H](OCc3ccccc3)[C@H](OCc3ccccc3)[C@H]2OCc2ccccc2)ccc1F. The minimum absolute atomic E-state index is 0.0102. The van der Waals surface area contributed by atoms with Crippen molar-refractivity contribution in [1.82, 2.24) is 0 Å². The van der Waals surface area contributed by atoms with Crippen molar-refractivity contribution in [2.24, 2.45) is 0 Å². The average Bonchev–Trinajstić information content (AvgIpc) is 3.71. The molecule has 7 nitrogen and oxygen atoms in total. The highest BCUT2D eigenvalue weighted by molar-refractivity contribution is 7.19. The lowest BCUT2D eigenvalue weighted by molar-refractivity contribution is -0.378. The van der Waals surface area contributed by atoms with Crippen molar-refractivity contribution >= 4 is 21.4 Å². The van der Waals surface area contributed by atoms with Gasteiger partial charge >= 0.3 is 0 Å². The summed E-state index contributed by atoms with van der Waals surface area (Å²) >= 11 is 1.38. The lowest BCUT2D eigenvalue weighted by Crippen LogP contribution is -2.65. The molecule has 6 atom stereocenters. The van der Waals surface area contributed by atoms with Crippen molar-refractivity contribution < 1.29 is 38.3 Å². The Morgan fingerprint density at radius 1 is 0.603 bits per heavy atom. The number of aliphatic hydroxyl groups is 2. The molecule has 2 N–H and O–H groups in total. The van der Waals surface area contributed by atoms with E-state index in [2.05, 4.69) is 0 Å². The Hall–Kier alpha value is -5.07. The van der Waals surface area contributed by atoms with E-state index in [0.29, 0.717) is 4.88 Å². The summed E-state index contributed by atoms with van der Waals surface area (Å²) in [5, 5.41) is 25.8. The molecule has 1 fully saturated rings. The fraction of sp³-hybridized carbons (Fsp3) is 0.224. The van der Waals surface area contributed by atoms with Crippen molar-refractivity contribution in [2.45, 2.75) is 62.7 Å². The number of fused-ring (bicyclic) bond motifs is 1. The highest BCUT2D eigenvalue weighted by Gasteiger charge is 2.57. The highest BCUT2D eigenvalue weighted by atomic mass is 32.1. The van der Waals surface area contributed by atoms with E-state index in [9.17, 15) is 10.2 Å². The van der Waals surface area contributed by atoms with Crippen LogP contribution in [0.5, 0.6) is 0 Å². The molecule has 0 spiro atoms. The molecule has 1 aliphatic rings. The molecule has 0 aliphatic carbocycles. The van der Waals surface area contributed by atoms with Gasteiger partial charge < -0.3 is 33.9 Å². The van der Waals surface area contributed by atoms with Crippen molar-refractivity contribution in [3.8, 4) is 0 Å². The van der Waals surface area contributed by atoms with E-state index in [0.717, 1.165) is 32.3 Å². The Kier molecular flexibility index (Phi) is 12.8. The summed E-state index contributed by atoms with van der Waals surface area (Å²) in [5.74, 6) is -2.86. The van der Waals surface area contributed by atoms with Gasteiger partial charge in [-0.25, -0.2) is 4.39 Å². The van der Waals surface area contributed by atoms with Gasteiger partial charge in [-0.05, 0) is 51.9 Å². The van der Waals surface area contributed by atoms with Crippen LogP contribution in [0.15, 0.2) is 170 Å². The van der Waals surface area contributed by atoms with Crippen LogP contribution >= 0.6 is 11.3 Å². The predicted octanol–water partition coefficient (Wildman–Crippen LogP) is 9.64. The molecule has 9 heteroatoms. The fourth-order valence-corrected chi connectivity index (χ4v) is 8.42. The summed E-state index contributed by atoms with van der Waals surface area (Å²) in [6.07, 6.45) is -5.15. The third-order valence-corrected chi connectivity index (χ3v) is 11.5. The summed E-state index contributed by atoms with van der Waals surface area (Å²) in [5.41, 5.74) is 3.85. The summed E-state index contributed by atoms with van der Waals surface area (Å²) in [4.78, 5) is 0.566. The van der Waals surface area contributed by atoms with Crippen molar-refractivity contribution in [3.05, 3.63) is 214 Å². The van der Waals surface area contributed by atoms with Crippen LogP contribution in [0, 0.1) is 5.82 Å². The lowest BCUT2D eigenvalue weighted by atomic mass is 9.86. The molecule has 58 heavy (non-hydrogen) atoms. The van der Waals surface area contributed by atoms with E-state index < -0.39 is 42.1 Å². The molecular formula is C49H45FO7S. The van der Waals surface area contributed by atoms with Gasteiger partial charge in [0.05, 0.1) is 33.0 Å². The molecule has 0 saturated carbocycles. The van der Waals surface area contributed by atoms with Crippen LogP contribution in [-0.2, 0) is 55.9 Å². The van der Waals surface area contributed by atoms with Gasteiger partial charge in [0.25, 0.3) is 0 Å². The van der Waals surface area contributed by atoms with Crippen LogP contribution in [0.25, 0.3) is 10.1 Å². The Labute approximate surface area is 341 Å². The van der Waals surface area contributed by atoms with Gasteiger partial charge in [0.1, 0.15) is 36.3 Å². The summed E-state index contributed by atoms with van der Waals surface area (Å²) < 4.78 is 50.2. The second kappa shape index (κ2) is 18.7. The van der Waals surface area contributed by atoms with Crippen molar-refractivity contribution in [3.63, 3.8) is 0 Å². The first-order valence-corrected chi connectivity index (χ1v) is 20.2. The van der Waals surface area contributed by atoms with E-state index >= 15 is 4.39 Å². The topological polar surface area (TPSA) is 86.6 Å². The van der Waals surface area contributed by atoms with E-state index in [-0.39, 0.29) is 44.2 Å². The fourth-order valence-electron chi connectivity index (χ4n) is 7.35. The maximum Gasteiger partial charge on any atom is 0.222 e. The van der Waals surface area contributed by atoms with E-state index in [4.69, 9.17) is 23.7 Å². The number of hydrogen-bond acceptors (Lipinski definition) is 8. The minimum Gasteiger partial charge on any atom is -0.383 e. The first-order valence-electron chi connectivity index (χ1n) is 19.4. The van der Waals surface area contributed by atoms with Gasteiger partial charge in [-0.1, -0.05) is 146 Å². The zero-order valence-corrected chi connectivity index (χ0v) is 32.6. The second-order valence-corrected chi connectivity index (χ2v) is 15.5. The third kappa shape index (κ3) is 9.29. The molecule has 7 aromatic rings. The van der Waals surface area contributed by atoms with Gasteiger partial charge in [-0.15, -0.1) is 11.3 Å². The number of aliphatic hydroxyl groups excluding tert-OH is 1. The third-order valence-electron chi connectivity index (χ3n) is 10.4. The van der Waals surface area contributed by atoms with Crippen molar-refractivity contribution in [2.75, 3.05) is 6.61 Å². The monoisotopic (exact) mass is 796 g/mol. The van der Waals surface area contributed by atoms with E-state index in [1.54, 1.807) is 0 Å². The summed E-state index contributed by atoms with van der Waals surface area (Å²) in [6, 6.07) is 52.7. The van der Waals surface area contributed by atoms with Gasteiger partial charge in [0, 0.05) is 20.7 Å². The standard InChI is InChI=1S/C49H45FO7S/c50-41-26-25-39(28-40(41)45(51)44-27-38-23-13-14-24-43(38)58-44)49(52)48(56-32-37-21-11-4-12-22-37)47(55-31-36-19-9-3-10-20-36)46(54-30-35-17-7-2-8-18-35)42(57-49)33-53-29-34-15-5-1-6-16-34/h1-28,42,45-48,51-52H,29-33H2/t42-,45?,46-,47+,48-,49+/m1/s1. The van der Waals surface area contributed by atoms with E-state index in [1.807, 2.05) is 152 Å². The number of ether oxygens (including phenoxy) is 5. The predicted molar refractivity (Wildman–Crippen MR) is 222 cm³/mol. The number of benzene rings is 6. The van der Waals surface area contributed by atoms with E-state index in [1.165, 1.54) is 29.5 Å². The zero-order valence-electron chi connectivity index (χ0n) is 31.8. The highest BCUT2D eigenvalue weighted by Crippen LogP contribution is 2.43. The Balaban J connectivity index is 1.20. The average molecular weight is 797 g/mol. The molecule has 0 radical (unpaired) electrons. The molecular weight excluding hydrogens is 752 g/mol. The first-order chi connectivity index (χ1) is 28.4. The number of hydrogen-bond donors (Lipinski definition) is 2. The normalized spacial score (nSPS) is 21.2. The lowest BCUT2D eigenvalue weighted by Gasteiger charge is -2.50. The number of halogens is 1. The maximum absolute atomic E-state index is 15.9. The smallest absolute Gasteiger partial charge is 0.222 e. The van der Waals surface area contributed by atoms with Crippen LogP contribution in [0.1, 0.15) is 44.4 Å².